The number of carbonyl (C=O) groups excluding carboxylic acids is 1. The van der Waals surface area contributed by atoms with Gasteiger partial charge in [-0.15, -0.1) is 0 Å². The van der Waals surface area contributed by atoms with E-state index < -0.39 is 10.0 Å². The van der Waals surface area contributed by atoms with Crippen LogP contribution in [0.1, 0.15) is 37.9 Å². The van der Waals surface area contributed by atoms with Gasteiger partial charge in [-0.05, 0) is 56.0 Å². The zero-order valence-electron chi connectivity index (χ0n) is 22.4. The minimum absolute atomic E-state index is 0.127. The molecule has 10 nitrogen and oxygen atoms in total. The summed E-state index contributed by atoms with van der Waals surface area (Å²) in [6.45, 7) is 6.07. The van der Waals surface area contributed by atoms with Gasteiger partial charge in [-0.2, -0.15) is 0 Å². The van der Waals surface area contributed by atoms with Crippen molar-refractivity contribution in [2.24, 2.45) is 0 Å². The predicted octanol–water partition coefficient (Wildman–Crippen LogP) is 3.32. The molecule has 1 aromatic carbocycles. The molecule has 3 rings (SSSR count). The van der Waals surface area contributed by atoms with Crippen LogP contribution in [0.15, 0.2) is 48.6 Å². The number of amides is 1. The highest BCUT2D eigenvalue weighted by molar-refractivity contribution is 7.88. The second kappa shape index (κ2) is 12.3. The molecule has 202 valence electrons. The molecule has 0 unspecified atom stereocenters. The number of rotatable bonds is 9. The number of nitrogens with one attached hydrogen (secondary N) is 1. The van der Waals surface area contributed by atoms with Gasteiger partial charge in [0.2, 0.25) is 10.0 Å². The van der Waals surface area contributed by atoms with Crippen molar-refractivity contribution in [3.05, 3.63) is 59.8 Å². The van der Waals surface area contributed by atoms with Gasteiger partial charge < -0.3 is 14.4 Å². The number of likely N-dealkylation sites (tertiary alicyclic amines) is 1. The molecule has 2 heterocycles. The molecule has 0 bridgehead atoms. The van der Waals surface area contributed by atoms with Crippen molar-refractivity contribution in [1.82, 2.24) is 24.1 Å². The maximum absolute atomic E-state index is 13.2. The number of allylic oxidation sites excluding steroid dienone is 4. The summed E-state index contributed by atoms with van der Waals surface area (Å²) in [5.41, 5.74) is 2.92. The van der Waals surface area contributed by atoms with Gasteiger partial charge in [-0.1, -0.05) is 12.1 Å². The van der Waals surface area contributed by atoms with Gasteiger partial charge in [-0.25, -0.2) is 18.2 Å². The topological polar surface area (TPSA) is 106 Å². The molecule has 1 amide bonds. The van der Waals surface area contributed by atoms with Gasteiger partial charge >= 0.3 is 6.03 Å². The smallest absolute Gasteiger partial charge is 0.329 e. The third-order valence-corrected chi connectivity index (χ3v) is 7.08. The van der Waals surface area contributed by atoms with Gasteiger partial charge in [0.15, 0.2) is 11.5 Å². The molecule has 1 fully saturated rings. The number of imidazole rings is 1. The molecule has 37 heavy (non-hydrogen) atoms. The van der Waals surface area contributed by atoms with Crippen LogP contribution < -0.4 is 14.2 Å². The van der Waals surface area contributed by atoms with Crippen LogP contribution in [0.2, 0.25) is 0 Å². The first-order valence-corrected chi connectivity index (χ1v) is 14.0. The number of ether oxygens (including phenoxy) is 2. The third-order valence-electron chi connectivity index (χ3n) is 6.39. The highest BCUT2D eigenvalue weighted by Gasteiger charge is 2.26. The van der Waals surface area contributed by atoms with Gasteiger partial charge in [0.05, 0.1) is 26.2 Å². The number of hydrogen-bond donors (Lipinski definition) is 1. The number of methoxy groups -OCH3 is 2. The summed E-state index contributed by atoms with van der Waals surface area (Å²) in [5, 5.41) is 0. The molecular formula is C26H37N5O5S. The number of carbonyl (C=O) groups is 1. The highest BCUT2D eigenvalue weighted by Crippen LogP contribution is 2.28. The fourth-order valence-electron chi connectivity index (χ4n) is 4.48. The summed E-state index contributed by atoms with van der Waals surface area (Å²) >= 11 is 0. The normalized spacial score (nSPS) is 15.9. The maximum Gasteiger partial charge on any atom is 0.329 e. The summed E-state index contributed by atoms with van der Waals surface area (Å²) in [7, 11) is 1.72. The first kappa shape index (κ1) is 28.3. The molecule has 1 N–H and O–H groups in total. The van der Waals surface area contributed by atoms with Crippen molar-refractivity contribution < 1.29 is 22.7 Å². The Bertz CT molecular complexity index is 1260. The van der Waals surface area contributed by atoms with E-state index in [1.165, 1.54) is 10.9 Å². The number of sulfonamides is 1. The van der Waals surface area contributed by atoms with Crippen LogP contribution in [-0.2, 0) is 16.6 Å². The van der Waals surface area contributed by atoms with E-state index >= 15 is 0 Å². The Kier molecular flexibility index (Phi) is 9.39. The molecule has 0 atom stereocenters. The van der Waals surface area contributed by atoms with E-state index in [2.05, 4.69) is 14.6 Å². The number of nitrogens with zero attached hydrogens (tertiary/aromatic N) is 4. The standard InChI is InChI=1S/C26H37N5O5S/c1-7-21(14-19(2)28-37(6,33)34)23-17-31(18-27-23)26(32)29(3)22-10-12-30(13-11-22)16-20-8-9-24(35-4)25(15-20)36-5/h7-9,14-15,17-18,22,28H,10-13,16H2,1-6H3. The Morgan fingerprint density at radius 1 is 1.22 bits per heavy atom. The van der Waals surface area contributed by atoms with Crippen LogP contribution in [0.5, 0.6) is 11.5 Å². The minimum Gasteiger partial charge on any atom is -0.493 e. The minimum atomic E-state index is -3.37. The summed E-state index contributed by atoms with van der Waals surface area (Å²) in [6, 6.07) is 5.95. The fraction of sp³-hybridized carbons (Fsp3) is 0.462. The van der Waals surface area contributed by atoms with Gasteiger partial charge in [0.1, 0.15) is 6.33 Å². The Balaban J connectivity index is 1.59. The second-order valence-corrected chi connectivity index (χ2v) is 11.0. The quantitative estimate of drug-likeness (QED) is 0.495. The predicted molar refractivity (Wildman–Crippen MR) is 144 cm³/mol. The molecule has 2 aromatic rings. The molecule has 11 heteroatoms. The van der Waals surface area contributed by atoms with Crippen molar-refractivity contribution in [3.8, 4) is 11.5 Å². The lowest BCUT2D eigenvalue weighted by Gasteiger charge is -2.36. The van der Waals surface area contributed by atoms with Crippen molar-refractivity contribution in [2.75, 3.05) is 40.6 Å². The monoisotopic (exact) mass is 531 g/mol. The van der Waals surface area contributed by atoms with E-state index in [4.69, 9.17) is 9.47 Å². The first-order chi connectivity index (χ1) is 17.5. The SMILES string of the molecule is CC=C(C=C(C)NS(C)(=O)=O)c1cn(C(=O)N(C)C2CCN(Cc3ccc(OC)c(OC)c3)CC2)cn1. The third kappa shape index (κ3) is 7.59. The lowest BCUT2D eigenvalue weighted by atomic mass is 10.0. The number of hydrogen-bond acceptors (Lipinski definition) is 7. The van der Waals surface area contributed by atoms with Crippen molar-refractivity contribution in [1.29, 1.82) is 0 Å². The molecule has 0 aliphatic carbocycles. The van der Waals surface area contributed by atoms with Crippen LogP contribution in [0.3, 0.4) is 0 Å². The zero-order chi connectivity index (χ0) is 27.2. The Hall–Kier alpha value is -3.31. The Labute approximate surface area is 219 Å². The molecule has 1 aromatic heterocycles. The van der Waals surface area contributed by atoms with Crippen LogP contribution in [-0.4, -0.2) is 80.5 Å². The molecular weight excluding hydrogens is 494 g/mol. The molecule has 0 saturated carbocycles. The number of piperidine rings is 1. The van der Waals surface area contributed by atoms with Crippen molar-refractivity contribution in [3.63, 3.8) is 0 Å². The Morgan fingerprint density at radius 3 is 2.49 bits per heavy atom. The van der Waals surface area contributed by atoms with Crippen LogP contribution in [0, 0.1) is 0 Å². The van der Waals surface area contributed by atoms with E-state index in [-0.39, 0.29) is 12.1 Å². The van der Waals surface area contributed by atoms with E-state index in [0.29, 0.717) is 22.7 Å². The molecule has 0 spiro atoms. The number of benzene rings is 1. The van der Waals surface area contributed by atoms with E-state index in [9.17, 15) is 13.2 Å². The van der Waals surface area contributed by atoms with E-state index in [0.717, 1.165) is 50.0 Å². The summed E-state index contributed by atoms with van der Waals surface area (Å²) in [4.78, 5) is 21.7. The van der Waals surface area contributed by atoms with Crippen LogP contribution in [0.25, 0.3) is 5.57 Å². The van der Waals surface area contributed by atoms with Gasteiger partial charge in [0, 0.05) is 44.6 Å². The average Bonchev–Trinajstić information content (AvgIpc) is 3.36. The zero-order valence-corrected chi connectivity index (χ0v) is 23.2. The van der Waals surface area contributed by atoms with Crippen molar-refractivity contribution >= 4 is 21.6 Å². The maximum atomic E-state index is 13.2. The summed E-state index contributed by atoms with van der Waals surface area (Å²) < 4.78 is 37.6. The fourth-order valence-corrected chi connectivity index (χ4v) is 5.12. The van der Waals surface area contributed by atoms with Crippen LogP contribution >= 0.6 is 0 Å². The lowest BCUT2D eigenvalue weighted by Crippen LogP contribution is -2.46. The number of aromatic nitrogens is 2. The molecule has 1 saturated heterocycles. The summed E-state index contributed by atoms with van der Waals surface area (Å²) in [5.74, 6) is 1.43. The summed E-state index contributed by atoms with van der Waals surface area (Å²) in [6.07, 6.45) is 9.52. The largest absolute Gasteiger partial charge is 0.493 e. The average molecular weight is 532 g/mol. The second-order valence-electron chi connectivity index (χ2n) is 9.20. The first-order valence-electron chi connectivity index (χ1n) is 12.1. The van der Waals surface area contributed by atoms with Crippen molar-refractivity contribution in [2.45, 2.75) is 39.3 Å². The lowest BCUT2D eigenvalue weighted by molar-refractivity contribution is 0.132. The molecule has 0 radical (unpaired) electrons. The van der Waals surface area contributed by atoms with Crippen LogP contribution in [0.4, 0.5) is 4.79 Å². The van der Waals surface area contributed by atoms with Gasteiger partial charge in [-0.3, -0.25) is 14.2 Å². The van der Waals surface area contributed by atoms with E-state index in [1.54, 1.807) is 38.3 Å². The molecule has 1 aliphatic rings. The van der Waals surface area contributed by atoms with E-state index in [1.807, 2.05) is 38.2 Å². The highest BCUT2D eigenvalue weighted by atomic mass is 32.2. The Morgan fingerprint density at radius 2 is 1.89 bits per heavy atom. The van der Waals surface area contributed by atoms with Gasteiger partial charge in [0.25, 0.3) is 0 Å². The molecule has 1 aliphatic heterocycles.